The van der Waals surface area contributed by atoms with E-state index in [9.17, 15) is 9.59 Å². The van der Waals surface area contributed by atoms with Crippen molar-refractivity contribution in [1.29, 1.82) is 0 Å². The van der Waals surface area contributed by atoms with Gasteiger partial charge in [-0.1, -0.05) is 31.5 Å². The second-order valence-corrected chi connectivity index (χ2v) is 9.46. The zero-order chi connectivity index (χ0) is 25.5. The molecule has 0 spiro atoms. The molecule has 36 heavy (non-hydrogen) atoms. The number of ether oxygens (including phenoxy) is 1. The van der Waals surface area contributed by atoms with E-state index in [0.717, 1.165) is 47.8 Å². The number of carbonyl (C=O) groups excluding carboxylic acids is 2. The van der Waals surface area contributed by atoms with Crippen molar-refractivity contribution in [1.82, 2.24) is 20.9 Å². The van der Waals surface area contributed by atoms with Crippen LogP contribution in [0, 0.1) is 12.8 Å². The fraction of sp³-hybridized carbons (Fsp3) is 0.393. The lowest BCUT2D eigenvalue weighted by atomic mass is 9.87. The van der Waals surface area contributed by atoms with Gasteiger partial charge in [-0.15, -0.1) is 0 Å². The molecule has 190 valence electrons. The Kier molecular flexibility index (Phi) is 8.51. The molecule has 8 heteroatoms. The number of amides is 2. The molecular formula is C28H34N4O4. The lowest BCUT2D eigenvalue weighted by Gasteiger charge is -2.39. The van der Waals surface area contributed by atoms with E-state index >= 15 is 0 Å². The molecule has 0 radical (unpaired) electrons. The van der Waals surface area contributed by atoms with Gasteiger partial charge in [-0.05, 0) is 68.5 Å². The number of hydrazine groups is 1. The van der Waals surface area contributed by atoms with E-state index in [1.54, 1.807) is 17.6 Å². The summed E-state index contributed by atoms with van der Waals surface area (Å²) >= 11 is 0. The second-order valence-electron chi connectivity index (χ2n) is 9.46. The van der Waals surface area contributed by atoms with E-state index < -0.39 is 0 Å². The summed E-state index contributed by atoms with van der Waals surface area (Å²) in [6.45, 7) is 5.17. The Hall–Kier alpha value is -3.49. The van der Waals surface area contributed by atoms with Gasteiger partial charge in [0.05, 0.1) is 5.52 Å². The number of nitrogens with zero attached hydrogens (tertiary/aromatic N) is 2. The molecule has 1 aliphatic heterocycles. The Balaban J connectivity index is 1.35. The minimum atomic E-state index is -0.359. The third-order valence-corrected chi connectivity index (χ3v) is 6.73. The first-order valence-electron chi connectivity index (χ1n) is 12.6. The molecule has 3 N–H and O–H groups in total. The van der Waals surface area contributed by atoms with Crippen molar-refractivity contribution >= 4 is 22.7 Å². The molecule has 1 fully saturated rings. The average molecular weight is 491 g/mol. The van der Waals surface area contributed by atoms with Crippen LogP contribution < -0.4 is 15.6 Å². The smallest absolute Gasteiger partial charge is 0.265 e. The molecule has 1 aliphatic rings. The zero-order valence-corrected chi connectivity index (χ0v) is 20.9. The summed E-state index contributed by atoms with van der Waals surface area (Å²) in [5.74, 6) is 0.365. The van der Waals surface area contributed by atoms with E-state index in [1.807, 2.05) is 54.4 Å². The summed E-state index contributed by atoms with van der Waals surface area (Å²) in [7, 11) is 0. The van der Waals surface area contributed by atoms with E-state index in [0.29, 0.717) is 30.9 Å². The van der Waals surface area contributed by atoms with Gasteiger partial charge >= 0.3 is 0 Å². The van der Waals surface area contributed by atoms with Gasteiger partial charge in [-0.3, -0.25) is 25.2 Å². The number of carbonyl (C=O) groups is 2. The number of aromatic nitrogens is 1. The lowest BCUT2D eigenvalue weighted by molar-refractivity contribution is -0.130. The first-order valence-corrected chi connectivity index (χ1v) is 12.6. The third-order valence-electron chi connectivity index (χ3n) is 6.73. The van der Waals surface area contributed by atoms with Gasteiger partial charge in [0.25, 0.3) is 5.91 Å². The highest BCUT2D eigenvalue weighted by molar-refractivity contribution is 5.94. The zero-order valence-electron chi connectivity index (χ0n) is 20.9. The summed E-state index contributed by atoms with van der Waals surface area (Å²) in [5.41, 5.74) is 8.31. The van der Waals surface area contributed by atoms with Gasteiger partial charge in [0.15, 0.2) is 0 Å². The Labute approximate surface area is 211 Å². The summed E-state index contributed by atoms with van der Waals surface area (Å²) in [5, 5.41) is 11.9. The summed E-state index contributed by atoms with van der Waals surface area (Å²) in [4.78, 5) is 29.1. The van der Waals surface area contributed by atoms with E-state index in [2.05, 4.69) is 17.3 Å². The van der Waals surface area contributed by atoms with Gasteiger partial charge in [-0.25, -0.2) is 10.5 Å². The van der Waals surface area contributed by atoms with E-state index in [4.69, 9.17) is 9.94 Å². The fourth-order valence-electron chi connectivity index (χ4n) is 4.95. The van der Waals surface area contributed by atoms with E-state index in [-0.39, 0.29) is 23.8 Å². The van der Waals surface area contributed by atoms with Crippen molar-refractivity contribution in [3.8, 4) is 5.75 Å². The predicted molar refractivity (Wildman–Crippen MR) is 137 cm³/mol. The van der Waals surface area contributed by atoms with Crippen LogP contribution in [0.1, 0.15) is 60.6 Å². The molecule has 2 atom stereocenters. The molecule has 2 aromatic carbocycles. The number of hydrogen-bond donors (Lipinski definition) is 3. The average Bonchev–Trinajstić information content (AvgIpc) is 2.89. The highest BCUT2D eigenvalue weighted by Crippen LogP contribution is 2.27. The number of piperidine rings is 1. The molecule has 2 heterocycles. The molecule has 1 saturated heterocycles. The van der Waals surface area contributed by atoms with Gasteiger partial charge < -0.3 is 4.74 Å². The van der Waals surface area contributed by atoms with Crippen molar-refractivity contribution in [2.75, 3.05) is 6.54 Å². The number of hydroxylamine groups is 1. The number of para-hydroxylation sites is 1. The van der Waals surface area contributed by atoms with Crippen LogP contribution in [0.25, 0.3) is 10.9 Å². The highest BCUT2D eigenvalue weighted by atomic mass is 16.5. The monoisotopic (exact) mass is 490 g/mol. The second kappa shape index (κ2) is 12.0. The summed E-state index contributed by atoms with van der Waals surface area (Å²) < 4.78 is 6.02. The van der Waals surface area contributed by atoms with Gasteiger partial charge in [0.1, 0.15) is 12.4 Å². The fourth-order valence-corrected chi connectivity index (χ4v) is 4.95. The van der Waals surface area contributed by atoms with Crippen LogP contribution in [0.5, 0.6) is 5.75 Å². The maximum atomic E-state index is 12.9. The molecular weight excluding hydrogens is 456 g/mol. The molecule has 8 nitrogen and oxygen atoms in total. The third kappa shape index (κ3) is 6.38. The lowest BCUT2D eigenvalue weighted by Crippen LogP contribution is -2.52. The molecule has 3 aromatic rings. The maximum Gasteiger partial charge on any atom is 0.265 e. The normalized spacial score (nSPS) is 18.1. The standard InChI is InChI=1S/C28H34N4O4/c1-3-6-23-16-20(17-27(33)31-35)13-14-32(23)30-28(34)21-9-11-24(12-10-21)36-18-22-15-19(2)29-26-8-5-4-7-25(22)26/h4-5,7-12,15,20,23,35H,3,6,13-14,16-18H2,1-2H3,(H,30,34)(H,31,33)/t20-,23+/m1/s1. The Morgan fingerprint density at radius 1 is 1.17 bits per heavy atom. The number of aryl methyl sites for hydroxylation is 1. The van der Waals surface area contributed by atoms with Crippen LogP contribution in [0.3, 0.4) is 0 Å². The Bertz CT molecular complexity index is 1200. The molecule has 2 amide bonds. The van der Waals surface area contributed by atoms with Crippen molar-refractivity contribution < 1.29 is 19.5 Å². The molecule has 0 unspecified atom stereocenters. The van der Waals surface area contributed by atoms with Crippen molar-refractivity contribution in [2.24, 2.45) is 5.92 Å². The van der Waals surface area contributed by atoms with Crippen molar-refractivity contribution in [3.63, 3.8) is 0 Å². The number of nitrogens with one attached hydrogen (secondary N) is 2. The molecule has 0 aliphatic carbocycles. The van der Waals surface area contributed by atoms with Crippen LogP contribution >= 0.6 is 0 Å². The molecule has 1 aromatic heterocycles. The van der Waals surface area contributed by atoms with Gasteiger partial charge in [0.2, 0.25) is 5.91 Å². The largest absolute Gasteiger partial charge is 0.489 e. The first kappa shape index (κ1) is 25.6. The molecule has 0 bridgehead atoms. The maximum absolute atomic E-state index is 12.9. The highest BCUT2D eigenvalue weighted by Gasteiger charge is 2.30. The molecule has 4 rings (SSSR count). The van der Waals surface area contributed by atoms with Gasteiger partial charge in [-0.2, -0.15) is 0 Å². The van der Waals surface area contributed by atoms with E-state index in [1.165, 1.54) is 0 Å². The summed E-state index contributed by atoms with van der Waals surface area (Å²) in [6.07, 6.45) is 3.79. The van der Waals surface area contributed by atoms with Crippen molar-refractivity contribution in [2.45, 2.75) is 58.6 Å². The number of fused-ring (bicyclic) bond motifs is 1. The van der Waals surface area contributed by atoms with Crippen LogP contribution in [-0.4, -0.2) is 39.6 Å². The predicted octanol–water partition coefficient (Wildman–Crippen LogP) is 4.54. The molecule has 0 saturated carbocycles. The Morgan fingerprint density at radius 3 is 2.69 bits per heavy atom. The summed E-state index contributed by atoms with van der Waals surface area (Å²) in [6, 6.07) is 17.4. The van der Waals surface area contributed by atoms with Crippen LogP contribution in [-0.2, 0) is 11.4 Å². The number of pyridine rings is 1. The van der Waals surface area contributed by atoms with Crippen LogP contribution in [0.2, 0.25) is 0 Å². The SMILES string of the molecule is CCC[C@H]1C[C@H](CC(=O)NO)CCN1NC(=O)c1ccc(OCc2cc(C)nc3ccccc23)cc1. The number of rotatable bonds is 9. The van der Waals surface area contributed by atoms with Crippen molar-refractivity contribution in [3.05, 3.63) is 71.4 Å². The number of benzene rings is 2. The quantitative estimate of drug-likeness (QED) is 0.300. The van der Waals surface area contributed by atoms with Crippen LogP contribution in [0.4, 0.5) is 0 Å². The minimum absolute atomic E-state index is 0.158. The minimum Gasteiger partial charge on any atom is -0.489 e. The van der Waals surface area contributed by atoms with Crippen LogP contribution in [0.15, 0.2) is 54.6 Å². The number of hydrogen-bond acceptors (Lipinski definition) is 6. The Morgan fingerprint density at radius 2 is 1.94 bits per heavy atom. The first-order chi connectivity index (χ1) is 17.5. The van der Waals surface area contributed by atoms with Gasteiger partial charge in [0, 0.05) is 41.2 Å². The topological polar surface area (TPSA) is 104 Å².